The zero-order valence-corrected chi connectivity index (χ0v) is 16.1. The summed E-state index contributed by atoms with van der Waals surface area (Å²) in [4.78, 5) is 29.6. The minimum absolute atomic E-state index is 0.0866. The first kappa shape index (κ1) is 21.5. The van der Waals surface area contributed by atoms with Crippen molar-refractivity contribution in [1.29, 1.82) is 0 Å². The molecule has 4 rings (SSSR count). The summed E-state index contributed by atoms with van der Waals surface area (Å²) in [6, 6.07) is 7.64. The molecule has 4 heterocycles. The number of aliphatic carboxylic acids is 1. The lowest BCUT2D eigenvalue weighted by Crippen LogP contribution is -2.58. The van der Waals surface area contributed by atoms with Crippen LogP contribution in [0.15, 0.2) is 36.7 Å². The highest BCUT2D eigenvalue weighted by Crippen LogP contribution is 2.41. The van der Waals surface area contributed by atoms with Crippen molar-refractivity contribution in [3.8, 4) is 0 Å². The van der Waals surface area contributed by atoms with Crippen LogP contribution in [0.25, 0.3) is 0 Å². The molecule has 2 aromatic rings. The maximum atomic E-state index is 12.5. The number of amides is 1. The van der Waals surface area contributed by atoms with Crippen molar-refractivity contribution in [2.45, 2.75) is 19.5 Å². The molecule has 11 heteroatoms. The number of hydrogen-bond donors (Lipinski definition) is 1. The van der Waals surface area contributed by atoms with Crippen molar-refractivity contribution < 1.29 is 27.9 Å². The fourth-order valence-corrected chi connectivity index (χ4v) is 3.52. The summed E-state index contributed by atoms with van der Waals surface area (Å²) in [5, 5.41) is 15.5. The van der Waals surface area contributed by atoms with E-state index in [-0.39, 0.29) is 11.3 Å². The molecular weight excluding hydrogens is 403 g/mol. The van der Waals surface area contributed by atoms with Gasteiger partial charge in [0.25, 0.3) is 5.91 Å². The van der Waals surface area contributed by atoms with Gasteiger partial charge >= 0.3 is 12.1 Å². The van der Waals surface area contributed by atoms with Crippen LogP contribution in [0.2, 0.25) is 0 Å². The summed E-state index contributed by atoms with van der Waals surface area (Å²) >= 11 is 0. The van der Waals surface area contributed by atoms with E-state index in [1.54, 1.807) is 18.5 Å². The van der Waals surface area contributed by atoms with Crippen molar-refractivity contribution in [2.24, 2.45) is 5.41 Å². The molecule has 0 radical (unpaired) electrons. The van der Waals surface area contributed by atoms with E-state index in [0.717, 1.165) is 44.1 Å². The maximum absolute atomic E-state index is 12.5. The standard InChI is InChI=1S/C17H19N5O.C2HF3O2/c1-13-4-5-15(20-19-13)22-11-17(12-22)6-8-21(10-17)16(23)14-3-2-7-18-9-14;3-2(4,5)1(6)7/h2-5,7,9H,6,8,10-12H2,1H3;(H,6,7). The fourth-order valence-electron chi connectivity index (χ4n) is 3.52. The first-order chi connectivity index (χ1) is 14.1. The second kappa shape index (κ2) is 8.25. The van der Waals surface area contributed by atoms with Gasteiger partial charge < -0.3 is 14.9 Å². The Hall–Kier alpha value is -3.24. The molecule has 0 aliphatic carbocycles. The average molecular weight is 423 g/mol. The zero-order valence-electron chi connectivity index (χ0n) is 16.1. The number of rotatable bonds is 2. The number of alkyl halides is 3. The Morgan fingerprint density at radius 3 is 2.37 bits per heavy atom. The smallest absolute Gasteiger partial charge is 0.475 e. The van der Waals surface area contributed by atoms with Gasteiger partial charge in [0.2, 0.25) is 0 Å². The van der Waals surface area contributed by atoms with Crippen molar-refractivity contribution in [3.63, 3.8) is 0 Å². The van der Waals surface area contributed by atoms with E-state index in [4.69, 9.17) is 9.90 Å². The Morgan fingerprint density at radius 1 is 1.13 bits per heavy atom. The summed E-state index contributed by atoms with van der Waals surface area (Å²) in [6.45, 7) is 5.47. The molecule has 0 unspecified atom stereocenters. The lowest BCUT2D eigenvalue weighted by Gasteiger charge is -2.48. The largest absolute Gasteiger partial charge is 0.490 e. The van der Waals surface area contributed by atoms with E-state index < -0.39 is 12.1 Å². The van der Waals surface area contributed by atoms with Gasteiger partial charge in [-0.15, -0.1) is 5.10 Å². The van der Waals surface area contributed by atoms with Crippen molar-refractivity contribution in [3.05, 3.63) is 47.9 Å². The monoisotopic (exact) mass is 423 g/mol. The summed E-state index contributed by atoms with van der Waals surface area (Å²) in [5.74, 6) is -1.74. The third-order valence-corrected chi connectivity index (χ3v) is 5.04. The Morgan fingerprint density at radius 2 is 1.83 bits per heavy atom. The predicted molar refractivity (Wildman–Crippen MR) is 99.9 cm³/mol. The molecule has 2 fully saturated rings. The number of carboxylic acids is 1. The molecule has 1 spiro atoms. The molecule has 2 saturated heterocycles. The number of halogens is 3. The van der Waals surface area contributed by atoms with Crippen LogP contribution in [0.4, 0.5) is 19.0 Å². The Labute approximate surface area is 170 Å². The third kappa shape index (κ3) is 4.84. The molecule has 0 atom stereocenters. The van der Waals surface area contributed by atoms with Crippen LogP contribution in [-0.2, 0) is 4.79 Å². The minimum Gasteiger partial charge on any atom is -0.475 e. The van der Waals surface area contributed by atoms with Gasteiger partial charge in [-0.05, 0) is 37.6 Å². The van der Waals surface area contributed by atoms with Crippen LogP contribution < -0.4 is 4.90 Å². The van der Waals surface area contributed by atoms with E-state index >= 15 is 0 Å². The SMILES string of the molecule is Cc1ccc(N2CC3(CCN(C(=O)c4cccnc4)C3)C2)nn1.O=C(O)C(F)(F)F. The second-order valence-electron chi connectivity index (χ2n) is 7.41. The number of hydrogen-bond acceptors (Lipinski definition) is 6. The zero-order chi connectivity index (χ0) is 21.9. The first-order valence-electron chi connectivity index (χ1n) is 9.14. The van der Waals surface area contributed by atoms with E-state index in [1.165, 1.54) is 0 Å². The molecular formula is C19H20F3N5O3. The number of aromatic nitrogens is 3. The molecule has 160 valence electrons. The number of carboxylic acid groups (broad SMARTS) is 1. The molecule has 1 N–H and O–H groups in total. The topological polar surface area (TPSA) is 99.5 Å². The number of likely N-dealkylation sites (tertiary alicyclic amines) is 1. The van der Waals surface area contributed by atoms with Gasteiger partial charge in [0, 0.05) is 44.0 Å². The lowest BCUT2D eigenvalue weighted by molar-refractivity contribution is -0.192. The molecule has 2 aliphatic heterocycles. The van der Waals surface area contributed by atoms with Gasteiger partial charge in [0.05, 0.1) is 11.3 Å². The summed E-state index contributed by atoms with van der Waals surface area (Å²) in [5.41, 5.74) is 1.81. The van der Waals surface area contributed by atoms with Crippen LogP contribution in [-0.4, -0.2) is 69.4 Å². The predicted octanol–water partition coefficient (Wildman–Crippen LogP) is 2.17. The summed E-state index contributed by atoms with van der Waals surface area (Å²) in [6.07, 6.45) is -0.703. The Bertz CT molecular complexity index is 900. The van der Waals surface area contributed by atoms with E-state index in [2.05, 4.69) is 20.1 Å². The van der Waals surface area contributed by atoms with Gasteiger partial charge in [-0.3, -0.25) is 9.78 Å². The fraction of sp³-hybridized carbons (Fsp3) is 0.421. The summed E-state index contributed by atoms with van der Waals surface area (Å²) in [7, 11) is 0. The van der Waals surface area contributed by atoms with Crippen molar-refractivity contribution in [2.75, 3.05) is 31.1 Å². The highest BCUT2D eigenvalue weighted by molar-refractivity contribution is 5.94. The molecule has 0 bridgehead atoms. The Kier molecular flexibility index (Phi) is 5.90. The van der Waals surface area contributed by atoms with Crippen LogP contribution >= 0.6 is 0 Å². The maximum Gasteiger partial charge on any atom is 0.490 e. The molecule has 30 heavy (non-hydrogen) atoms. The number of pyridine rings is 1. The molecule has 0 aromatic carbocycles. The number of carbonyl (C=O) groups is 2. The van der Waals surface area contributed by atoms with Crippen molar-refractivity contribution in [1.82, 2.24) is 20.1 Å². The molecule has 8 nitrogen and oxygen atoms in total. The number of anilines is 1. The van der Waals surface area contributed by atoms with Gasteiger partial charge in [-0.2, -0.15) is 18.3 Å². The third-order valence-electron chi connectivity index (χ3n) is 5.04. The van der Waals surface area contributed by atoms with Gasteiger partial charge in [0.15, 0.2) is 5.82 Å². The van der Waals surface area contributed by atoms with Crippen LogP contribution in [0.3, 0.4) is 0 Å². The van der Waals surface area contributed by atoms with Crippen LogP contribution in [0.1, 0.15) is 22.5 Å². The van der Waals surface area contributed by atoms with Gasteiger partial charge in [-0.25, -0.2) is 4.79 Å². The van der Waals surface area contributed by atoms with E-state index in [1.807, 2.05) is 30.0 Å². The lowest BCUT2D eigenvalue weighted by atomic mass is 9.79. The normalized spacial score (nSPS) is 17.2. The highest BCUT2D eigenvalue weighted by Gasteiger charge is 2.49. The van der Waals surface area contributed by atoms with E-state index in [9.17, 15) is 18.0 Å². The number of nitrogens with zero attached hydrogens (tertiary/aromatic N) is 5. The average Bonchev–Trinajstić information content (AvgIpc) is 3.13. The summed E-state index contributed by atoms with van der Waals surface area (Å²) < 4.78 is 31.7. The first-order valence-corrected chi connectivity index (χ1v) is 9.14. The van der Waals surface area contributed by atoms with Crippen molar-refractivity contribution >= 4 is 17.7 Å². The van der Waals surface area contributed by atoms with E-state index in [0.29, 0.717) is 5.56 Å². The second-order valence-corrected chi connectivity index (χ2v) is 7.41. The van der Waals surface area contributed by atoms with Crippen LogP contribution in [0.5, 0.6) is 0 Å². The van der Waals surface area contributed by atoms with Crippen LogP contribution in [0, 0.1) is 12.3 Å². The number of carbonyl (C=O) groups excluding carboxylic acids is 1. The molecule has 2 aromatic heterocycles. The Balaban J connectivity index is 0.000000318. The molecule has 1 amide bonds. The number of aryl methyl sites for hydroxylation is 1. The minimum atomic E-state index is -5.08. The van der Waals surface area contributed by atoms with Gasteiger partial charge in [-0.1, -0.05) is 0 Å². The molecule has 0 saturated carbocycles. The quantitative estimate of drug-likeness (QED) is 0.790. The van der Waals surface area contributed by atoms with Gasteiger partial charge in [0.1, 0.15) is 0 Å². The highest BCUT2D eigenvalue weighted by atomic mass is 19.4. The molecule has 2 aliphatic rings.